The summed E-state index contributed by atoms with van der Waals surface area (Å²) in [5.41, 5.74) is 1.24. The van der Waals surface area contributed by atoms with Crippen molar-refractivity contribution in [3.05, 3.63) is 142 Å². The van der Waals surface area contributed by atoms with Gasteiger partial charge in [-0.3, -0.25) is 4.98 Å². The minimum Gasteiger partial charge on any atom is -0.505 e. The summed E-state index contributed by atoms with van der Waals surface area (Å²) in [6.45, 7) is 3.19. The third kappa shape index (κ3) is 9.61. The number of sulfonamides is 2. The van der Waals surface area contributed by atoms with Crippen LogP contribution < -0.4 is 4.74 Å². The van der Waals surface area contributed by atoms with Crippen molar-refractivity contribution in [1.82, 2.24) is 13.6 Å². The summed E-state index contributed by atoms with van der Waals surface area (Å²) in [4.78, 5) is 3.42. The van der Waals surface area contributed by atoms with Gasteiger partial charge in [-0.2, -0.15) is 8.61 Å². The highest BCUT2D eigenvalue weighted by Crippen LogP contribution is 2.37. The van der Waals surface area contributed by atoms with Gasteiger partial charge < -0.3 is 9.84 Å². The molecule has 4 aromatic carbocycles. The molecule has 0 saturated carbocycles. The lowest BCUT2D eigenvalue weighted by Gasteiger charge is -2.26. The van der Waals surface area contributed by atoms with Crippen molar-refractivity contribution in [3.8, 4) is 17.2 Å². The lowest BCUT2D eigenvalue weighted by molar-refractivity contribution is 0.360. The van der Waals surface area contributed by atoms with Crippen LogP contribution in [0.2, 0.25) is 10.0 Å². The summed E-state index contributed by atoms with van der Waals surface area (Å²) in [5.74, 6) is -1.28. The summed E-state index contributed by atoms with van der Waals surface area (Å²) in [7, 11) is -8.57. The standard InChI is InChI=1S/C36H33Cl2F2N3O6S2/c1-24(2)20-42(50(45,46)33-4-3-13-41-19-33)22-26-14-27(16-32(15-26)49-31-11-9-30(40)10-12-31)23-43(21-25-5-7-29(39)8-6-25)51(47,48)35-18-28(37)17-34(38)36(35)44/h3-19,24,44H,20-23H2,1-2H3. The second-order valence-electron chi connectivity index (χ2n) is 12.1. The van der Waals surface area contributed by atoms with Gasteiger partial charge in [-0.15, -0.1) is 0 Å². The quantitative estimate of drug-likeness (QED) is 0.120. The molecule has 9 nitrogen and oxygen atoms in total. The van der Waals surface area contributed by atoms with Crippen molar-refractivity contribution >= 4 is 43.2 Å². The molecular weight excluding hydrogens is 743 g/mol. The molecule has 1 heterocycles. The van der Waals surface area contributed by atoms with Gasteiger partial charge in [0.25, 0.3) is 0 Å². The molecular formula is C36H33Cl2F2N3O6S2. The van der Waals surface area contributed by atoms with Gasteiger partial charge in [0.2, 0.25) is 20.0 Å². The lowest BCUT2D eigenvalue weighted by Crippen LogP contribution is -2.34. The third-order valence-corrected chi connectivity index (χ3v) is 11.6. The van der Waals surface area contributed by atoms with Crippen molar-refractivity contribution in [2.45, 2.75) is 43.3 Å². The van der Waals surface area contributed by atoms with Gasteiger partial charge in [0.1, 0.15) is 32.9 Å². The van der Waals surface area contributed by atoms with E-state index in [4.69, 9.17) is 27.9 Å². The molecule has 0 bridgehead atoms. The molecule has 0 unspecified atom stereocenters. The molecule has 0 aliphatic rings. The van der Waals surface area contributed by atoms with Crippen molar-refractivity contribution < 1.29 is 35.5 Å². The molecule has 0 amide bonds. The molecule has 5 aromatic rings. The largest absolute Gasteiger partial charge is 0.505 e. The predicted molar refractivity (Wildman–Crippen MR) is 191 cm³/mol. The molecule has 0 aliphatic heterocycles. The first-order valence-electron chi connectivity index (χ1n) is 15.5. The number of aromatic hydroxyl groups is 1. The Morgan fingerprint density at radius 2 is 1.33 bits per heavy atom. The fourth-order valence-electron chi connectivity index (χ4n) is 5.22. The van der Waals surface area contributed by atoms with Crippen LogP contribution in [0.1, 0.15) is 30.5 Å². The number of phenolic OH excluding ortho intramolecular Hbond substituents is 1. The predicted octanol–water partition coefficient (Wildman–Crippen LogP) is 8.40. The van der Waals surface area contributed by atoms with Crippen molar-refractivity contribution in [1.29, 1.82) is 0 Å². The van der Waals surface area contributed by atoms with Crippen molar-refractivity contribution in [2.24, 2.45) is 5.92 Å². The first-order chi connectivity index (χ1) is 24.1. The maximum atomic E-state index is 14.2. The highest BCUT2D eigenvalue weighted by molar-refractivity contribution is 7.89. The van der Waals surface area contributed by atoms with E-state index in [1.165, 1.54) is 83.4 Å². The number of hydrogen-bond acceptors (Lipinski definition) is 7. The highest BCUT2D eigenvalue weighted by Gasteiger charge is 2.31. The summed E-state index contributed by atoms with van der Waals surface area (Å²) in [5, 5.41) is 10.4. The molecule has 0 radical (unpaired) electrons. The van der Waals surface area contributed by atoms with E-state index in [2.05, 4.69) is 4.98 Å². The normalized spacial score (nSPS) is 12.2. The average Bonchev–Trinajstić information content (AvgIpc) is 3.08. The van der Waals surface area contributed by atoms with Crippen LogP contribution >= 0.6 is 23.2 Å². The van der Waals surface area contributed by atoms with Gasteiger partial charge in [0.15, 0.2) is 5.75 Å². The van der Waals surface area contributed by atoms with Crippen molar-refractivity contribution in [3.63, 3.8) is 0 Å². The molecule has 0 spiro atoms. The van der Waals surface area contributed by atoms with E-state index in [1.807, 2.05) is 13.8 Å². The Morgan fingerprint density at radius 3 is 1.92 bits per heavy atom. The molecule has 1 aromatic heterocycles. The van der Waals surface area contributed by atoms with Crippen LogP contribution in [-0.4, -0.2) is 42.1 Å². The molecule has 15 heteroatoms. The summed E-state index contributed by atoms with van der Waals surface area (Å²) >= 11 is 12.3. The highest BCUT2D eigenvalue weighted by atomic mass is 35.5. The molecule has 5 rings (SSSR count). The lowest BCUT2D eigenvalue weighted by atomic mass is 10.1. The molecule has 0 atom stereocenters. The number of hydrogen-bond donors (Lipinski definition) is 1. The Kier molecular flexibility index (Phi) is 12.0. The zero-order valence-electron chi connectivity index (χ0n) is 27.4. The Morgan fingerprint density at radius 1 is 0.745 bits per heavy atom. The second kappa shape index (κ2) is 16.1. The Balaban J connectivity index is 1.61. The molecule has 0 saturated heterocycles. The third-order valence-electron chi connectivity index (χ3n) is 7.52. The minimum atomic E-state index is -4.55. The summed E-state index contributed by atoms with van der Waals surface area (Å²) in [6.07, 6.45) is 2.73. The number of benzene rings is 4. The van der Waals surface area contributed by atoms with E-state index in [-0.39, 0.29) is 58.5 Å². The molecule has 0 fully saturated rings. The van der Waals surface area contributed by atoms with E-state index in [1.54, 1.807) is 18.2 Å². The topological polar surface area (TPSA) is 117 Å². The first-order valence-corrected chi connectivity index (χ1v) is 19.1. The van der Waals surface area contributed by atoms with Crippen LogP contribution in [0.25, 0.3) is 0 Å². The van der Waals surface area contributed by atoms with Gasteiger partial charge in [0.05, 0.1) is 5.02 Å². The SMILES string of the molecule is CC(C)CN(Cc1cc(CN(Cc2ccc(F)cc2)S(=O)(=O)c2cc(Cl)cc(Cl)c2O)cc(Oc2ccc(F)cc2)c1)S(=O)(=O)c1cccnc1. The number of phenols is 1. The molecule has 51 heavy (non-hydrogen) atoms. The Hall–Kier alpha value is -4.11. The van der Waals surface area contributed by atoms with Crippen LogP contribution in [0.5, 0.6) is 17.2 Å². The monoisotopic (exact) mass is 775 g/mol. The number of pyridine rings is 1. The Labute approximate surface area is 305 Å². The van der Waals surface area contributed by atoms with Crippen LogP contribution in [0.15, 0.2) is 113 Å². The Bertz CT molecular complexity index is 2210. The van der Waals surface area contributed by atoms with E-state index in [0.717, 1.165) is 10.4 Å². The van der Waals surface area contributed by atoms with E-state index in [9.17, 15) is 30.7 Å². The van der Waals surface area contributed by atoms with E-state index in [0.29, 0.717) is 16.7 Å². The van der Waals surface area contributed by atoms with Crippen LogP contribution in [0.3, 0.4) is 0 Å². The fraction of sp³-hybridized carbons (Fsp3) is 0.194. The van der Waals surface area contributed by atoms with Crippen LogP contribution in [0.4, 0.5) is 8.78 Å². The van der Waals surface area contributed by atoms with Gasteiger partial charge in [0, 0.05) is 43.6 Å². The smallest absolute Gasteiger partial charge is 0.247 e. The number of aromatic nitrogens is 1. The minimum absolute atomic E-state index is 0.00106. The molecule has 1 N–H and O–H groups in total. The summed E-state index contributed by atoms with van der Waals surface area (Å²) in [6, 6.07) is 20.5. The molecule has 0 aliphatic carbocycles. The van der Waals surface area contributed by atoms with Gasteiger partial charge in [-0.05, 0) is 95.4 Å². The zero-order chi connectivity index (χ0) is 36.9. The van der Waals surface area contributed by atoms with Gasteiger partial charge in [-0.1, -0.05) is 55.2 Å². The fourth-order valence-corrected chi connectivity index (χ4v) is 8.93. The van der Waals surface area contributed by atoms with Gasteiger partial charge in [-0.25, -0.2) is 25.6 Å². The number of ether oxygens (including phenoxy) is 1. The maximum Gasteiger partial charge on any atom is 0.247 e. The first kappa shape index (κ1) is 38.1. The van der Waals surface area contributed by atoms with Crippen molar-refractivity contribution in [2.75, 3.05) is 6.54 Å². The number of rotatable bonds is 14. The van der Waals surface area contributed by atoms with Crippen LogP contribution in [0, 0.1) is 17.6 Å². The second-order valence-corrected chi connectivity index (χ2v) is 16.7. The average molecular weight is 777 g/mol. The molecule has 268 valence electrons. The van der Waals surface area contributed by atoms with E-state index >= 15 is 0 Å². The summed E-state index contributed by atoms with van der Waals surface area (Å²) < 4.78 is 91.9. The van der Waals surface area contributed by atoms with Gasteiger partial charge >= 0.3 is 0 Å². The van der Waals surface area contributed by atoms with E-state index < -0.39 is 42.3 Å². The maximum absolute atomic E-state index is 14.2. The number of halogens is 4. The van der Waals surface area contributed by atoms with Crippen LogP contribution in [-0.2, 0) is 39.7 Å². The zero-order valence-corrected chi connectivity index (χ0v) is 30.5. The number of nitrogens with zero attached hydrogens (tertiary/aromatic N) is 3.